The first-order chi connectivity index (χ1) is 17.7. The average molecular weight is 541 g/mol. The SMILES string of the molecule is Cc1cc(F)ccc1CN(Cc1ccc(OC(C)C)cc1)C(=O)CC1CCN(C)CC1.O=C(O)C(F)(F)F. The maximum Gasteiger partial charge on any atom is 0.490 e. The molecule has 210 valence electrons. The Morgan fingerprint density at radius 1 is 1.08 bits per heavy atom. The van der Waals surface area contributed by atoms with Crippen LogP contribution in [0.1, 0.15) is 49.8 Å². The lowest BCUT2D eigenvalue weighted by atomic mass is 9.93. The molecule has 10 heteroatoms. The van der Waals surface area contributed by atoms with E-state index in [4.69, 9.17) is 14.6 Å². The zero-order valence-corrected chi connectivity index (χ0v) is 22.2. The van der Waals surface area contributed by atoms with E-state index in [0.717, 1.165) is 48.4 Å². The Morgan fingerprint density at radius 2 is 1.66 bits per heavy atom. The van der Waals surface area contributed by atoms with Gasteiger partial charge in [-0.05, 0) is 101 Å². The summed E-state index contributed by atoms with van der Waals surface area (Å²) < 4.78 is 51.0. The van der Waals surface area contributed by atoms with E-state index in [1.165, 1.54) is 12.1 Å². The smallest absolute Gasteiger partial charge is 0.490 e. The first-order valence-corrected chi connectivity index (χ1v) is 12.5. The molecule has 1 aliphatic heterocycles. The van der Waals surface area contributed by atoms with Gasteiger partial charge in [-0.15, -0.1) is 0 Å². The molecule has 6 nitrogen and oxygen atoms in total. The van der Waals surface area contributed by atoms with Crippen LogP contribution in [-0.2, 0) is 22.7 Å². The first-order valence-electron chi connectivity index (χ1n) is 12.5. The van der Waals surface area contributed by atoms with E-state index in [1.807, 2.05) is 49.9 Å². The van der Waals surface area contributed by atoms with Crippen molar-refractivity contribution in [3.63, 3.8) is 0 Å². The second-order valence-corrected chi connectivity index (χ2v) is 9.88. The monoisotopic (exact) mass is 540 g/mol. The molecule has 1 fully saturated rings. The van der Waals surface area contributed by atoms with Crippen LogP contribution in [0.3, 0.4) is 0 Å². The normalized spacial score (nSPS) is 14.6. The van der Waals surface area contributed by atoms with E-state index in [-0.39, 0.29) is 17.8 Å². The van der Waals surface area contributed by atoms with Gasteiger partial charge in [0.1, 0.15) is 11.6 Å². The summed E-state index contributed by atoms with van der Waals surface area (Å²) in [6.07, 6.45) is -2.26. The van der Waals surface area contributed by atoms with E-state index >= 15 is 0 Å². The molecule has 0 aliphatic carbocycles. The fraction of sp³-hybridized carbons (Fsp3) is 0.500. The van der Waals surface area contributed by atoms with Gasteiger partial charge < -0.3 is 19.6 Å². The Kier molecular flexibility index (Phi) is 11.6. The van der Waals surface area contributed by atoms with E-state index in [0.29, 0.717) is 25.4 Å². The molecule has 0 spiro atoms. The molecule has 0 unspecified atom stereocenters. The van der Waals surface area contributed by atoms with Crippen molar-refractivity contribution in [2.24, 2.45) is 5.92 Å². The maximum absolute atomic E-state index is 13.6. The summed E-state index contributed by atoms with van der Waals surface area (Å²) in [6, 6.07) is 12.7. The van der Waals surface area contributed by atoms with E-state index in [2.05, 4.69) is 11.9 Å². The third kappa shape index (κ3) is 10.7. The highest BCUT2D eigenvalue weighted by molar-refractivity contribution is 5.76. The number of aryl methyl sites for hydroxylation is 1. The lowest BCUT2D eigenvalue weighted by Crippen LogP contribution is -2.35. The average Bonchev–Trinajstić information content (AvgIpc) is 2.82. The number of carbonyl (C=O) groups is 2. The van der Waals surface area contributed by atoms with Gasteiger partial charge in [0, 0.05) is 19.5 Å². The number of benzene rings is 2. The number of amides is 1. The lowest BCUT2D eigenvalue weighted by Gasteiger charge is -2.31. The molecule has 1 amide bonds. The van der Waals surface area contributed by atoms with Crippen molar-refractivity contribution in [2.75, 3.05) is 20.1 Å². The summed E-state index contributed by atoms with van der Waals surface area (Å²) in [7, 11) is 2.13. The number of halogens is 4. The molecule has 1 aliphatic rings. The van der Waals surface area contributed by atoms with Crippen molar-refractivity contribution in [3.05, 3.63) is 65.0 Å². The Bertz CT molecular complexity index is 1050. The first kappa shape index (κ1) is 31.1. The van der Waals surface area contributed by atoms with Gasteiger partial charge in [-0.1, -0.05) is 18.2 Å². The number of likely N-dealkylation sites (tertiary alicyclic amines) is 1. The summed E-state index contributed by atoms with van der Waals surface area (Å²) in [5.74, 6) is -1.57. The summed E-state index contributed by atoms with van der Waals surface area (Å²) in [4.78, 5) is 26.4. The number of carboxylic acids is 1. The minimum Gasteiger partial charge on any atom is -0.491 e. The number of carboxylic acid groups (broad SMARTS) is 1. The Hall–Kier alpha value is -3.14. The molecule has 2 aromatic rings. The largest absolute Gasteiger partial charge is 0.491 e. The second-order valence-electron chi connectivity index (χ2n) is 9.88. The van der Waals surface area contributed by atoms with Gasteiger partial charge in [-0.3, -0.25) is 4.79 Å². The van der Waals surface area contributed by atoms with Crippen LogP contribution in [0.5, 0.6) is 5.75 Å². The highest BCUT2D eigenvalue weighted by atomic mass is 19.4. The molecular formula is C28H36F4N2O4. The summed E-state index contributed by atoms with van der Waals surface area (Å²) >= 11 is 0. The van der Waals surface area contributed by atoms with Crippen molar-refractivity contribution in [1.29, 1.82) is 0 Å². The molecule has 2 aromatic carbocycles. The van der Waals surface area contributed by atoms with Crippen LogP contribution in [0.15, 0.2) is 42.5 Å². The quantitative estimate of drug-likeness (QED) is 0.428. The number of hydrogen-bond acceptors (Lipinski definition) is 4. The van der Waals surface area contributed by atoms with Gasteiger partial charge in [-0.2, -0.15) is 13.2 Å². The molecule has 0 bridgehead atoms. The Morgan fingerprint density at radius 3 is 2.16 bits per heavy atom. The summed E-state index contributed by atoms with van der Waals surface area (Å²) in [6.45, 7) is 9.02. The van der Waals surface area contributed by atoms with Crippen molar-refractivity contribution in [3.8, 4) is 5.75 Å². The van der Waals surface area contributed by atoms with Gasteiger partial charge in [0.05, 0.1) is 6.10 Å². The predicted molar refractivity (Wildman–Crippen MR) is 136 cm³/mol. The van der Waals surface area contributed by atoms with E-state index < -0.39 is 12.1 Å². The van der Waals surface area contributed by atoms with Crippen molar-refractivity contribution in [1.82, 2.24) is 9.80 Å². The van der Waals surface area contributed by atoms with Gasteiger partial charge in [0.15, 0.2) is 0 Å². The zero-order chi connectivity index (χ0) is 28.5. The third-order valence-electron chi connectivity index (χ3n) is 6.23. The molecule has 38 heavy (non-hydrogen) atoms. The second kappa shape index (κ2) is 14.1. The van der Waals surface area contributed by atoms with Crippen LogP contribution in [-0.4, -0.2) is 59.2 Å². The summed E-state index contributed by atoms with van der Waals surface area (Å²) in [5, 5.41) is 7.12. The maximum atomic E-state index is 13.6. The number of piperidine rings is 1. The third-order valence-corrected chi connectivity index (χ3v) is 6.23. The lowest BCUT2D eigenvalue weighted by molar-refractivity contribution is -0.192. The van der Waals surface area contributed by atoms with E-state index in [1.54, 1.807) is 6.07 Å². The van der Waals surface area contributed by atoms with Gasteiger partial charge in [-0.25, -0.2) is 9.18 Å². The molecule has 0 radical (unpaired) electrons. The standard InChI is InChI=1S/C26H35FN2O2.C2HF3O2/c1-19(2)31-25-9-5-22(6-10-25)17-29(18-23-7-8-24(27)15-20(23)3)26(30)16-21-11-13-28(4)14-12-21;3-2(4,5)1(6)7/h5-10,15,19,21H,11-14,16-18H2,1-4H3;(H,6,7). The molecule has 1 N–H and O–H groups in total. The number of carbonyl (C=O) groups excluding carboxylic acids is 1. The molecular weight excluding hydrogens is 504 g/mol. The minimum atomic E-state index is -5.08. The van der Waals surface area contributed by atoms with Gasteiger partial charge in [0.25, 0.3) is 0 Å². The van der Waals surface area contributed by atoms with Crippen molar-refractivity contribution < 1.29 is 37.0 Å². The van der Waals surface area contributed by atoms with Crippen LogP contribution < -0.4 is 4.74 Å². The molecule has 1 saturated heterocycles. The fourth-order valence-electron chi connectivity index (χ4n) is 4.08. The van der Waals surface area contributed by atoms with Crippen molar-refractivity contribution in [2.45, 2.75) is 65.4 Å². The Labute approximate surface area is 221 Å². The van der Waals surface area contributed by atoms with Crippen LogP contribution in [0.25, 0.3) is 0 Å². The molecule has 3 rings (SSSR count). The highest BCUT2D eigenvalue weighted by Gasteiger charge is 2.38. The molecule has 0 aromatic heterocycles. The topological polar surface area (TPSA) is 70.1 Å². The number of alkyl halides is 3. The van der Waals surface area contributed by atoms with Gasteiger partial charge >= 0.3 is 12.1 Å². The molecule has 0 saturated carbocycles. The van der Waals surface area contributed by atoms with Gasteiger partial charge in [0.2, 0.25) is 5.91 Å². The number of hydrogen-bond donors (Lipinski definition) is 1. The fourth-order valence-corrected chi connectivity index (χ4v) is 4.08. The number of nitrogens with zero attached hydrogens (tertiary/aromatic N) is 2. The minimum absolute atomic E-state index is 0.125. The van der Waals surface area contributed by atoms with Crippen LogP contribution in [0.2, 0.25) is 0 Å². The zero-order valence-electron chi connectivity index (χ0n) is 22.2. The highest BCUT2D eigenvalue weighted by Crippen LogP contribution is 2.23. The molecule has 1 heterocycles. The number of aliphatic carboxylic acids is 1. The van der Waals surface area contributed by atoms with Crippen molar-refractivity contribution >= 4 is 11.9 Å². The number of ether oxygens (including phenoxy) is 1. The van der Waals surface area contributed by atoms with E-state index in [9.17, 15) is 22.4 Å². The van der Waals surface area contributed by atoms with Crippen LogP contribution >= 0.6 is 0 Å². The number of rotatable bonds is 8. The predicted octanol–water partition coefficient (Wildman–Crippen LogP) is 5.82. The summed E-state index contributed by atoms with van der Waals surface area (Å²) in [5.41, 5.74) is 2.92. The molecule has 0 atom stereocenters. The Balaban J connectivity index is 0.000000638. The van der Waals surface area contributed by atoms with Crippen LogP contribution in [0, 0.1) is 18.7 Å². The van der Waals surface area contributed by atoms with Crippen LogP contribution in [0.4, 0.5) is 17.6 Å².